The van der Waals surface area contributed by atoms with Crippen molar-refractivity contribution in [2.24, 2.45) is 5.84 Å². The molecule has 0 aliphatic rings. The van der Waals surface area contributed by atoms with Crippen LogP contribution < -0.4 is 11.3 Å². The molecule has 0 radical (unpaired) electrons. The van der Waals surface area contributed by atoms with E-state index in [0.29, 0.717) is 0 Å². The number of nitrogens with zero attached hydrogens (tertiary/aromatic N) is 2. The van der Waals surface area contributed by atoms with Gasteiger partial charge in [0.1, 0.15) is 0 Å². The van der Waals surface area contributed by atoms with E-state index in [9.17, 15) is 0 Å². The van der Waals surface area contributed by atoms with E-state index in [-0.39, 0.29) is 6.04 Å². The van der Waals surface area contributed by atoms with Gasteiger partial charge in [-0.25, -0.2) is 5.43 Å². The summed E-state index contributed by atoms with van der Waals surface area (Å²) in [4.78, 5) is 1.21. The molecule has 2 rings (SSSR count). The Bertz CT molecular complexity index is 421. The molecular weight excluding hydrogens is 220 g/mol. The fourth-order valence-electron chi connectivity index (χ4n) is 1.68. The van der Waals surface area contributed by atoms with Crippen LogP contribution in [0.2, 0.25) is 0 Å². The Morgan fingerprint density at radius 2 is 2.50 bits per heavy atom. The maximum atomic E-state index is 5.60. The largest absolute Gasteiger partial charge is 0.272 e. The van der Waals surface area contributed by atoms with E-state index in [1.807, 2.05) is 23.1 Å². The Hall–Kier alpha value is -1.17. The second-order valence-electron chi connectivity index (χ2n) is 3.65. The standard InChI is InChI=1S/C11H16N4S/c1-2-5-15-8-9(7-13-15)11(14-12)10-4-3-6-16-10/h3-4,6-8,11,14H,2,5,12H2,1H3. The van der Waals surface area contributed by atoms with Gasteiger partial charge in [-0.15, -0.1) is 11.3 Å². The minimum absolute atomic E-state index is 0.0469. The summed E-state index contributed by atoms with van der Waals surface area (Å²) in [6.07, 6.45) is 5.01. The zero-order valence-corrected chi connectivity index (χ0v) is 10.1. The molecule has 0 saturated carbocycles. The molecule has 0 bridgehead atoms. The summed E-state index contributed by atoms with van der Waals surface area (Å²) in [6, 6.07) is 4.15. The van der Waals surface area contributed by atoms with Crippen molar-refractivity contribution >= 4 is 11.3 Å². The zero-order chi connectivity index (χ0) is 11.4. The molecule has 0 aromatic carbocycles. The number of hydrazine groups is 1. The van der Waals surface area contributed by atoms with Crippen molar-refractivity contribution in [2.75, 3.05) is 0 Å². The molecule has 2 heterocycles. The maximum absolute atomic E-state index is 5.60. The van der Waals surface area contributed by atoms with Crippen molar-refractivity contribution in [2.45, 2.75) is 25.9 Å². The van der Waals surface area contributed by atoms with Gasteiger partial charge in [-0.3, -0.25) is 10.5 Å². The molecule has 2 aromatic heterocycles. The summed E-state index contributed by atoms with van der Waals surface area (Å²) in [5.74, 6) is 5.60. The van der Waals surface area contributed by atoms with Crippen molar-refractivity contribution in [3.63, 3.8) is 0 Å². The monoisotopic (exact) mass is 236 g/mol. The second-order valence-corrected chi connectivity index (χ2v) is 4.63. The van der Waals surface area contributed by atoms with Crippen molar-refractivity contribution in [3.05, 3.63) is 40.3 Å². The first kappa shape index (κ1) is 11.3. The molecule has 2 aromatic rings. The van der Waals surface area contributed by atoms with E-state index in [0.717, 1.165) is 18.5 Å². The average molecular weight is 236 g/mol. The van der Waals surface area contributed by atoms with Crippen LogP contribution in [0, 0.1) is 0 Å². The van der Waals surface area contributed by atoms with E-state index in [2.05, 4.69) is 28.9 Å². The van der Waals surface area contributed by atoms with Crippen LogP contribution in [-0.2, 0) is 6.54 Å². The van der Waals surface area contributed by atoms with Crippen LogP contribution >= 0.6 is 11.3 Å². The first-order valence-corrected chi connectivity index (χ1v) is 6.25. The maximum Gasteiger partial charge on any atom is 0.0832 e. The lowest BCUT2D eigenvalue weighted by molar-refractivity contribution is 0.598. The molecule has 4 nitrogen and oxygen atoms in total. The van der Waals surface area contributed by atoms with Gasteiger partial charge in [0, 0.05) is 23.2 Å². The summed E-state index contributed by atoms with van der Waals surface area (Å²) >= 11 is 1.69. The normalized spacial score (nSPS) is 12.9. The van der Waals surface area contributed by atoms with Gasteiger partial charge >= 0.3 is 0 Å². The third-order valence-corrected chi connectivity index (χ3v) is 3.37. The van der Waals surface area contributed by atoms with Crippen molar-refractivity contribution < 1.29 is 0 Å². The molecule has 0 spiro atoms. The SMILES string of the molecule is CCCn1cc(C(NN)c2cccs2)cn1. The van der Waals surface area contributed by atoms with Gasteiger partial charge in [0.05, 0.1) is 12.2 Å². The predicted molar refractivity (Wildman–Crippen MR) is 66.0 cm³/mol. The number of nitrogens with one attached hydrogen (secondary N) is 1. The molecule has 0 amide bonds. The Labute approximate surface area is 99.1 Å². The Kier molecular flexibility index (Phi) is 3.71. The Morgan fingerprint density at radius 1 is 1.62 bits per heavy atom. The van der Waals surface area contributed by atoms with Gasteiger partial charge in [-0.05, 0) is 17.9 Å². The van der Waals surface area contributed by atoms with Crippen LogP contribution in [0.4, 0.5) is 0 Å². The summed E-state index contributed by atoms with van der Waals surface area (Å²) in [5.41, 5.74) is 3.94. The van der Waals surface area contributed by atoms with Gasteiger partial charge in [0.25, 0.3) is 0 Å². The van der Waals surface area contributed by atoms with Gasteiger partial charge in [-0.1, -0.05) is 13.0 Å². The number of nitrogens with two attached hydrogens (primary N) is 1. The number of rotatable bonds is 5. The van der Waals surface area contributed by atoms with Crippen LogP contribution in [0.1, 0.15) is 29.8 Å². The first-order valence-electron chi connectivity index (χ1n) is 5.37. The number of thiophene rings is 1. The van der Waals surface area contributed by atoms with Gasteiger partial charge in [0.2, 0.25) is 0 Å². The molecule has 16 heavy (non-hydrogen) atoms. The van der Waals surface area contributed by atoms with E-state index in [1.54, 1.807) is 11.3 Å². The van der Waals surface area contributed by atoms with Crippen LogP contribution in [-0.4, -0.2) is 9.78 Å². The van der Waals surface area contributed by atoms with Gasteiger partial charge in [-0.2, -0.15) is 5.10 Å². The zero-order valence-electron chi connectivity index (χ0n) is 9.26. The van der Waals surface area contributed by atoms with Crippen LogP contribution in [0.25, 0.3) is 0 Å². The summed E-state index contributed by atoms with van der Waals surface area (Å²) in [7, 11) is 0. The fraction of sp³-hybridized carbons (Fsp3) is 0.364. The lowest BCUT2D eigenvalue weighted by Crippen LogP contribution is -2.27. The quantitative estimate of drug-likeness (QED) is 0.616. The number of hydrogen-bond donors (Lipinski definition) is 2. The lowest BCUT2D eigenvalue weighted by Gasteiger charge is -2.11. The number of aromatic nitrogens is 2. The van der Waals surface area contributed by atoms with Crippen LogP contribution in [0.15, 0.2) is 29.9 Å². The highest BCUT2D eigenvalue weighted by Gasteiger charge is 2.14. The topological polar surface area (TPSA) is 55.9 Å². The molecule has 0 fully saturated rings. The first-order chi connectivity index (χ1) is 7.85. The summed E-state index contributed by atoms with van der Waals surface area (Å²) in [6.45, 7) is 3.08. The second kappa shape index (κ2) is 5.25. The smallest absolute Gasteiger partial charge is 0.0832 e. The number of aryl methyl sites for hydroxylation is 1. The van der Waals surface area contributed by atoms with Gasteiger partial charge < -0.3 is 0 Å². The van der Waals surface area contributed by atoms with E-state index < -0.39 is 0 Å². The van der Waals surface area contributed by atoms with E-state index >= 15 is 0 Å². The minimum Gasteiger partial charge on any atom is -0.272 e. The minimum atomic E-state index is 0.0469. The molecular formula is C11H16N4S. The Balaban J connectivity index is 2.20. The molecule has 3 N–H and O–H groups in total. The average Bonchev–Trinajstić information content (AvgIpc) is 2.92. The Morgan fingerprint density at radius 3 is 3.12 bits per heavy atom. The van der Waals surface area contributed by atoms with Crippen LogP contribution in [0.3, 0.4) is 0 Å². The fourth-order valence-corrected chi connectivity index (χ4v) is 2.49. The third kappa shape index (κ3) is 2.32. The highest BCUT2D eigenvalue weighted by Crippen LogP contribution is 2.24. The van der Waals surface area contributed by atoms with Crippen molar-refractivity contribution in [3.8, 4) is 0 Å². The molecule has 0 saturated heterocycles. The number of hydrogen-bond acceptors (Lipinski definition) is 4. The molecule has 1 atom stereocenters. The molecule has 1 unspecified atom stereocenters. The molecule has 0 aliphatic carbocycles. The highest BCUT2D eigenvalue weighted by atomic mass is 32.1. The van der Waals surface area contributed by atoms with Crippen molar-refractivity contribution in [1.29, 1.82) is 0 Å². The van der Waals surface area contributed by atoms with Crippen LogP contribution in [0.5, 0.6) is 0 Å². The van der Waals surface area contributed by atoms with Crippen molar-refractivity contribution in [1.82, 2.24) is 15.2 Å². The van der Waals surface area contributed by atoms with Gasteiger partial charge in [0.15, 0.2) is 0 Å². The molecule has 5 heteroatoms. The van der Waals surface area contributed by atoms with E-state index in [1.165, 1.54) is 4.88 Å². The summed E-state index contributed by atoms with van der Waals surface area (Å²) in [5, 5.41) is 6.36. The molecule has 0 aliphatic heterocycles. The molecule has 86 valence electrons. The third-order valence-electron chi connectivity index (χ3n) is 2.43. The summed E-state index contributed by atoms with van der Waals surface area (Å²) < 4.78 is 1.95. The van der Waals surface area contributed by atoms with E-state index in [4.69, 9.17) is 5.84 Å². The lowest BCUT2D eigenvalue weighted by atomic mass is 10.1. The highest BCUT2D eigenvalue weighted by molar-refractivity contribution is 7.10. The predicted octanol–water partition coefficient (Wildman–Crippen LogP) is 1.91.